The maximum absolute atomic E-state index is 11.8. The summed E-state index contributed by atoms with van der Waals surface area (Å²) in [4.78, 5) is 11.8. The minimum absolute atomic E-state index is 0.316. The summed E-state index contributed by atoms with van der Waals surface area (Å²) >= 11 is 1.34. The number of methoxy groups -OCH3 is 1. The van der Waals surface area contributed by atoms with Gasteiger partial charge in [0.1, 0.15) is 16.5 Å². The fourth-order valence-electron chi connectivity index (χ4n) is 2.02. The van der Waals surface area contributed by atoms with E-state index in [9.17, 15) is 4.79 Å². The monoisotopic (exact) mass is 344 g/mol. The van der Waals surface area contributed by atoms with Crippen molar-refractivity contribution in [3.8, 4) is 5.75 Å². The number of urea groups is 1. The molecule has 2 heterocycles. The van der Waals surface area contributed by atoms with E-state index in [0.717, 1.165) is 16.3 Å². The predicted molar refractivity (Wildman–Crippen MR) is 90.3 cm³/mol. The van der Waals surface area contributed by atoms with Gasteiger partial charge in [0.25, 0.3) is 0 Å². The van der Waals surface area contributed by atoms with Crippen LogP contribution in [-0.4, -0.2) is 23.3 Å². The van der Waals surface area contributed by atoms with E-state index in [0.29, 0.717) is 23.9 Å². The number of benzene rings is 1. The Morgan fingerprint density at radius 2 is 2.08 bits per heavy atom. The number of carbonyl (C=O) groups excluding carboxylic acids is 1. The number of furan rings is 1. The smallest absolute Gasteiger partial charge is 0.321 e. The molecule has 3 aromatic rings. The Kier molecular flexibility index (Phi) is 5.07. The average Bonchev–Trinajstić information content (AvgIpc) is 3.26. The summed E-state index contributed by atoms with van der Waals surface area (Å²) in [6, 6.07) is 11.0. The first-order chi connectivity index (χ1) is 11.7. The van der Waals surface area contributed by atoms with Crippen LogP contribution >= 0.6 is 11.3 Å². The van der Waals surface area contributed by atoms with Crippen molar-refractivity contribution in [1.29, 1.82) is 0 Å². The molecule has 0 bridgehead atoms. The quantitative estimate of drug-likeness (QED) is 0.717. The Morgan fingerprint density at radius 1 is 1.25 bits per heavy atom. The molecule has 0 unspecified atom stereocenters. The maximum atomic E-state index is 11.8. The highest BCUT2D eigenvalue weighted by molar-refractivity contribution is 7.15. The lowest BCUT2D eigenvalue weighted by atomic mass is 10.1. The van der Waals surface area contributed by atoms with Crippen molar-refractivity contribution in [2.24, 2.45) is 0 Å². The second kappa shape index (κ2) is 7.60. The summed E-state index contributed by atoms with van der Waals surface area (Å²) < 4.78 is 10.3. The van der Waals surface area contributed by atoms with Crippen LogP contribution in [0.15, 0.2) is 47.1 Å². The number of hydrogen-bond acceptors (Lipinski definition) is 6. The standard InChI is InChI=1S/C16H16N4O3S/c1-22-12-6-4-11(5-7-12)9-14-19-20-16(24-14)18-15(21)17-10-13-3-2-8-23-13/h2-8H,9-10H2,1H3,(H2,17,18,20,21). The van der Waals surface area contributed by atoms with E-state index in [1.54, 1.807) is 25.5 Å². The first-order valence-corrected chi connectivity index (χ1v) is 8.07. The van der Waals surface area contributed by atoms with Crippen LogP contribution in [0.5, 0.6) is 5.75 Å². The van der Waals surface area contributed by atoms with E-state index < -0.39 is 0 Å². The van der Waals surface area contributed by atoms with E-state index >= 15 is 0 Å². The molecule has 3 rings (SSSR count). The van der Waals surface area contributed by atoms with Crippen LogP contribution in [0, 0.1) is 0 Å². The number of rotatable bonds is 6. The topological polar surface area (TPSA) is 89.3 Å². The average molecular weight is 344 g/mol. The van der Waals surface area contributed by atoms with Gasteiger partial charge < -0.3 is 14.5 Å². The molecule has 0 aliphatic carbocycles. The van der Waals surface area contributed by atoms with E-state index in [1.165, 1.54) is 11.3 Å². The largest absolute Gasteiger partial charge is 0.497 e. The van der Waals surface area contributed by atoms with Gasteiger partial charge in [0.15, 0.2) is 0 Å². The summed E-state index contributed by atoms with van der Waals surface area (Å²) in [6.45, 7) is 0.316. The van der Waals surface area contributed by atoms with E-state index in [4.69, 9.17) is 9.15 Å². The molecule has 2 N–H and O–H groups in total. The number of aromatic nitrogens is 2. The third kappa shape index (κ3) is 4.32. The molecule has 124 valence electrons. The highest BCUT2D eigenvalue weighted by Gasteiger charge is 2.09. The first-order valence-electron chi connectivity index (χ1n) is 7.25. The van der Waals surface area contributed by atoms with E-state index in [2.05, 4.69) is 20.8 Å². The predicted octanol–water partition coefficient (Wildman–Crippen LogP) is 3.05. The zero-order valence-electron chi connectivity index (χ0n) is 13.0. The lowest BCUT2D eigenvalue weighted by Gasteiger charge is -2.02. The number of carbonyl (C=O) groups is 1. The van der Waals surface area contributed by atoms with Crippen molar-refractivity contribution in [3.63, 3.8) is 0 Å². The summed E-state index contributed by atoms with van der Waals surface area (Å²) in [5.74, 6) is 1.49. The highest BCUT2D eigenvalue weighted by atomic mass is 32.1. The van der Waals surface area contributed by atoms with Crippen LogP contribution in [0.3, 0.4) is 0 Å². The molecule has 0 saturated heterocycles. The lowest BCUT2D eigenvalue weighted by Crippen LogP contribution is -2.27. The fraction of sp³-hybridized carbons (Fsp3) is 0.188. The normalized spacial score (nSPS) is 10.4. The van der Waals surface area contributed by atoms with Gasteiger partial charge in [0, 0.05) is 6.42 Å². The molecule has 24 heavy (non-hydrogen) atoms. The Balaban J connectivity index is 1.51. The molecule has 0 aliphatic rings. The van der Waals surface area contributed by atoms with Crippen molar-refractivity contribution in [1.82, 2.24) is 15.5 Å². The van der Waals surface area contributed by atoms with E-state index in [-0.39, 0.29) is 6.03 Å². The van der Waals surface area contributed by atoms with Gasteiger partial charge in [-0.25, -0.2) is 4.79 Å². The van der Waals surface area contributed by atoms with Crippen LogP contribution in [-0.2, 0) is 13.0 Å². The second-order valence-corrected chi connectivity index (χ2v) is 5.97. The summed E-state index contributed by atoms with van der Waals surface area (Å²) in [5, 5.41) is 14.7. The lowest BCUT2D eigenvalue weighted by molar-refractivity contribution is 0.251. The number of anilines is 1. The van der Waals surface area contributed by atoms with Crippen LogP contribution in [0.1, 0.15) is 16.3 Å². The molecule has 2 aromatic heterocycles. The molecular formula is C16H16N4O3S. The van der Waals surface area contributed by atoms with Crippen molar-refractivity contribution >= 4 is 22.5 Å². The zero-order valence-corrected chi connectivity index (χ0v) is 13.8. The Bertz CT molecular complexity index is 784. The molecular weight excluding hydrogens is 328 g/mol. The van der Waals surface area contributed by atoms with Gasteiger partial charge in [0.2, 0.25) is 5.13 Å². The molecule has 0 atom stereocenters. The van der Waals surface area contributed by atoms with Crippen LogP contribution in [0.25, 0.3) is 0 Å². The van der Waals surface area contributed by atoms with E-state index in [1.807, 2.05) is 24.3 Å². The third-order valence-electron chi connectivity index (χ3n) is 3.20. The van der Waals surface area contributed by atoms with Crippen LogP contribution in [0.2, 0.25) is 0 Å². The molecule has 0 spiro atoms. The van der Waals surface area contributed by atoms with Gasteiger partial charge in [-0.2, -0.15) is 0 Å². The van der Waals surface area contributed by atoms with Gasteiger partial charge in [-0.3, -0.25) is 5.32 Å². The van der Waals surface area contributed by atoms with Crippen LogP contribution < -0.4 is 15.4 Å². The molecule has 8 heteroatoms. The molecule has 1 aromatic carbocycles. The van der Waals surface area contributed by atoms with Crippen molar-refractivity contribution < 1.29 is 13.9 Å². The third-order valence-corrected chi connectivity index (χ3v) is 4.04. The number of ether oxygens (including phenoxy) is 1. The zero-order chi connectivity index (χ0) is 16.8. The molecule has 0 radical (unpaired) electrons. The number of hydrogen-bond donors (Lipinski definition) is 2. The van der Waals surface area contributed by atoms with Crippen molar-refractivity contribution in [2.75, 3.05) is 12.4 Å². The minimum Gasteiger partial charge on any atom is -0.497 e. The summed E-state index contributed by atoms with van der Waals surface area (Å²) in [6.07, 6.45) is 2.21. The van der Waals surface area contributed by atoms with Gasteiger partial charge in [-0.05, 0) is 29.8 Å². The Hall–Kier alpha value is -2.87. The van der Waals surface area contributed by atoms with Crippen molar-refractivity contribution in [2.45, 2.75) is 13.0 Å². The summed E-state index contributed by atoms with van der Waals surface area (Å²) in [7, 11) is 1.63. The maximum Gasteiger partial charge on any atom is 0.321 e. The first kappa shape index (κ1) is 16.0. The SMILES string of the molecule is COc1ccc(Cc2nnc(NC(=O)NCc3ccco3)s2)cc1. The Morgan fingerprint density at radius 3 is 2.79 bits per heavy atom. The molecule has 0 saturated carbocycles. The van der Waals surface area contributed by atoms with Crippen LogP contribution in [0.4, 0.5) is 9.93 Å². The van der Waals surface area contributed by atoms with Gasteiger partial charge in [-0.1, -0.05) is 23.5 Å². The summed E-state index contributed by atoms with van der Waals surface area (Å²) in [5.41, 5.74) is 1.10. The molecule has 2 amide bonds. The highest BCUT2D eigenvalue weighted by Crippen LogP contribution is 2.20. The minimum atomic E-state index is -0.349. The Labute approximate surface area is 142 Å². The van der Waals surface area contributed by atoms with Crippen molar-refractivity contribution in [3.05, 3.63) is 59.0 Å². The van der Waals surface area contributed by atoms with Gasteiger partial charge >= 0.3 is 6.03 Å². The molecule has 0 fully saturated rings. The van der Waals surface area contributed by atoms with Gasteiger partial charge in [0.05, 0.1) is 19.9 Å². The second-order valence-electron chi connectivity index (χ2n) is 4.91. The fourth-order valence-corrected chi connectivity index (χ4v) is 2.78. The molecule has 7 nitrogen and oxygen atoms in total. The molecule has 0 aliphatic heterocycles. The number of nitrogens with one attached hydrogen (secondary N) is 2. The number of nitrogens with zero attached hydrogens (tertiary/aromatic N) is 2. The number of amides is 2. The van der Waals surface area contributed by atoms with Gasteiger partial charge in [-0.15, -0.1) is 10.2 Å².